The quantitative estimate of drug-likeness (QED) is 0.650. The molecule has 1 N–H and O–H groups in total. The molecule has 0 radical (unpaired) electrons. The van der Waals surface area contributed by atoms with Crippen molar-refractivity contribution >= 4 is 11.8 Å². The lowest BCUT2D eigenvalue weighted by Crippen LogP contribution is -2.19. The van der Waals surface area contributed by atoms with E-state index in [1.54, 1.807) is 0 Å². The molecule has 0 aromatic rings. The van der Waals surface area contributed by atoms with Crippen LogP contribution >= 0.6 is 11.8 Å². The van der Waals surface area contributed by atoms with E-state index in [9.17, 15) is 5.11 Å². The van der Waals surface area contributed by atoms with Gasteiger partial charge in [-0.25, -0.2) is 0 Å². The molecule has 74 valence electrons. The molecule has 0 aromatic heterocycles. The van der Waals surface area contributed by atoms with Crippen molar-refractivity contribution in [3.8, 4) is 0 Å². The fraction of sp³-hybridized carbons (Fsp3) is 1.00. The summed E-state index contributed by atoms with van der Waals surface area (Å²) in [6, 6.07) is 0. The molecule has 1 nitrogen and oxygen atoms in total. The number of aliphatic hydroxyl groups is 1. The number of hydrogen-bond acceptors (Lipinski definition) is 2. The molecule has 0 heterocycles. The Bertz CT molecular complexity index is 107. The first-order valence-corrected chi connectivity index (χ1v) is 5.91. The molecule has 1 unspecified atom stereocenters. The van der Waals surface area contributed by atoms with E-state index in [0.717, 1.165) is 18.1 Å². The van der Waals surface area contributed by atoms with Crippen molar-refractivity contribution in [1.82, 2.24) is 0 Å². The van der Waals surface area contributed by atoms with Crippen LogP contribution in [-0.2, 0) is 0 Å². The molecule has 0 aliphatic carbocycles. The summed E-state index contributed by atoms with van der Waals surface area (Å²) in [7, 11) is 0. The maximum absolute atomic E-state index is 9.43. The molecular formula is C10H22OS. The Labute approximate surface area is 80.9 Å². The average molecular weight is 190 g/mol. The molecule has 1 atom stereocenters. The molecule has 12 heavy (non-hydrogen) atoms. The molecule has 0 aliphatic rings. The normalized spacial score (nSPS) is 14.8. The molecule has 0 saturated heterocycles. The Balaban J connectivity index is 3.22. The van der Waals surface area contributed by atoms with Crippen LogP contribution in [-0.4, -0.2) is 22.2 Å². The second-order valence-electron chi connectivity index (χ2n) is 4.15. The average Bonchev–Trinajstić information content (AvgIpc) is 1.96. The molecule has 0 fully saturated rings. The zero-order valence-electron chi connectivity index (χ0n) is 8.76. The number of hydrogen-bond donors (Lipinski definition) is 1. The molecule has 0 spiro atoms. The highest BCUT2D eigenvalue weighted by Crippen LogP contribution is 2.16. The van der Waals surface area contributed by atoms with Crippen molar-refractivity contribution in [3.63, 3.8) is 0 Å². The van der Waals surface area contributed by atoms with E-state index < -0.39 is 5.60 Å². The Morgan fingerprint density at radius 1 is 1.42 bits per heavy atom. The summed E-state index contributed by atoms with van der Waals surface area (Å²) in [5, 5.41) is 9.43. The van der Waals surface area contributed by atoms with Crippen molar-refractivity contribution in [1.29, 1.82) is 0 Å². The monoisotopic (exact) mass is 190 g/mol. The molecule has 0 saturated carbocycles. The van der Waals surface area contributed by atoms with Gasteiger partial charge in [0.25, 0.3) is 0 Å². The standard InChI is InChI=1S/C10H22OS/c1-5-9(2)8-12-7-6-10(3,4)11/h9,11H,5-8H2,1-4H3. The predicted octanol–water partition coefficient (Wildman–Crippen LogP) is 2.93. The van der Waals surface area contributed by atoms with E-state index in [1.807, 2.05) is 25.6 Å². The molecule has 0 aliphatic heterocycles. The van der Waals surface area contributed by atoms with Gasteiger partial charge in [-0.05, 0) is 37.7 Å². The predicted molar refractivity (Wildman–Crippen MR) is 57.7 cm³/mol. The first-order valence-electron chi connectivity index (χ1n) is 4.76. The Kier molecular flexibility index (Phi) is 6.02. The van der Waals surface area contributed by atoms with Crippen molar-refractivity contribution in [2.45, 2.75) is 46.1 Å². The van der Waals surface area contributed by atoms with Crippen LogP contribution in [0.5, 0.6) is 0 Å². The summed E-state index contributed by atoms with van der Waals surface area (Å²) in [6.07, 6.45) is 2.16. The van der Waals surface area contributed by atoms with E-state index in [2.05, 4.69) is 13.8 Å². The van der Waals surface area contributed by atoms with Gasteiger partial charge in [0.05, 0.1) is 5.60 Å². The second-order valence-corrected chi connectivity index (χ2v) is 5.30. The third kappa shape index (κ3) is 8.41. The van der Waals surface area contributed by atoms with E-state index in [0.29, 0.717) is 0 Å². The topological polar surface area (TPSA) is 20.2 Å². The third-order valence-corrected chi connectivity index (χ3v) is 3.26. The van der Waals surface area contributed by atoms with Crippen LogP contribution in [0.1, 0.15) is 40.5 Å². The number of rotatable bonds is 6. The van der Waals surface area contributed by atoms with Gasteiger partial charge in [-0.3, -0.25) is 0 Å². The lowest BCUT2D eigenvalue weighted by Gasteiger charge is -2.16. The van der Waals surface area contributed by atoms with E-state index in [1.165, 1.54) is 12.2 Å². The minimum Gasteiger partial charge on any atom is -0.390 e. The minimum absolute atomic E-state index is 0.484. The van der Waals surface area contributed by atoms with Gasteiger partial charge in [-0.1, -0.05) is 20.3 Å². The first kappa shape index (κ1) is 12.3. The van der Waals surface area contributed by atoms with Crippen LogP contribution < -0.4 is 0 Å². The Morgan fingerprint density at radius 3 is 2.42 bits per heavy atom. The van der Waals surface area contributed by atoms with Gasteiger partial charge in [0, 0.05) is 0 Å². The summed E-state index contributed by atoms with van der Waals surface area (Å²) in [6.45, 7) is 8.24. The van der Waals surface area contributed by atoms with Gasteiger partial charge in [-0.2, -0.15) is 11.8 Å². The minimum atomic E-state index is -0.484. The highest BCUT2D eigenvalue weighted by atomic mass is 32.2. The van der Waals surface area contributed by atoms with Crippen LogP contribution in [0.3, 0.4) is 0 Å². The second kappa shape index (κ2) is 5.87. The van der Waals surface area contributed by atoms with Crippen molar-refractivity contribution in [3.05, 3.63) is 0 Å². The first-order chi connectivity index (χ1) is 5.45. The fourth-order valence-electron chi connectivity index (χ4n) is 0.724. The van der Waals surface area contributed by atoms with E-state index in [4.69, 9.17) is 0 Å². The van der Waals surface area contributed by atoms with E-state index in [-0.39, 0.29) is 0 Å². The van der Waals surface area contributed by atoms with E-state index >= 15 is 0 Å². The lowest BCUT2D eigenvalue weighted by molar-refractivity contribution is 0.0777. The zero-order valence-corrected chi connectivity index (χ0v) is 9.58. The molecule has 0 rings (SSSR count). The summed E-state index contributed by atoms with van der Waals surface area (Å²) in [5.41, 5.74) is -0.484. The van der Waals surface area contributed by atoms with Crippen LogP contribution in [0.25, 0.3) is 0 Å². The van der Waals surface area contributed by atoms with Crippen LogP contribution in [0.2, 0.25) is 0 Å². The summed E-state index contributed by atoms with van der Waals surface area (Å²) >= 11 is 1.95. The SMILES string of the molecule is CCC(C)CSCCC(C)(C)O. The Morgan fingerprint density at radius 2 is 2.00 bits per heavy atom. The Hall–Kier alpha value is 0.310. The maximum Gasteiger partial charge on any atom is 0.0599 e. The smallest absolute Gasteiger partial charge is 0.0599 e. The van der Waals surface area contributed by atoms with Crippen LogP contribution in [0.15, 0.2) is 0 Å². The van der Waals surface area contributed by atoms with Crippen LogP contribution in [0, 0.1) is 5.92 Å². The van der Waals surface area contributed by atoms with Crippen molar-refractivity contribution in [2.24, 2.45) is 5.92 Å². The van der Waals surface area contributed by atoms with Crippen molar-refractivity contribution < 1.29 is 5.11 Å². The van der Waals surface area contributed by atoms with Gasteiger partial charge in [0.1, 0.15) is 0 Å². The summed E-state index contributed by atoms with van der Waals surface area (Å²) in [4.78, 5) is 0. The highest BCUT2D eigenvalue weighted by Gasteiger charge is 2.11. The zero-order chi connectivity index (χ0) is 9.61. The third-order valence-electron chi connectivity index (χ3n) is 1.96. The van der Waals surface area contributed by atoms with Crippen molar-refractivity contribution in [2.75, 3.05) is 11.5 Å². The van der Waals surface area contributed by atoms with Gasteiger partial charge in [0.15, 0.2) is 0 Å². The number of thioether (sulfide) groups is 1. The van der Waals surface area contributed by atoms with Gasteiger partial charge in [0.2, 0.25) is 0 Å². The largest absolute Gasteiger partial charge is 0.390 e. The lowest BCUT2D eigenvalue weighted by atomic mass is 10.1. The highest BCUT2D eigenvalue weighted by molar-refractivity contribution is 7.99. The summed E-state index contributed by atoms with van der Waals surface area (Å²) in [5.74, 6) is 3.12. The molecular weight excluding hydrogens is 168 g/mol. The fourth-order valence-corrected chi connectivity index (χ4v) is 2.17. The van der Waals surface area contributed by atoms with Gasteiger partial charge < -0.3 is 5.11 Å². The molecule has 0 bridgehead atoms. The maximum atomic E-state index is 9.43. The van der Waals surface area contributed by atoms with Gasteiger partial charge in [-0.15, -0.1) is 0 Å². The summed E-state index contributed by atoms with van der Waals surface area (Å²) < 4.78 is 0. The van der Waals surface area contributed by atoms with Gasteiger partial charge >= 0.3 is 0 Å². The molecule has 0 amide bonds. The molecule has 2 heteroatoms. The molecule has 0 aromatic carbocycles. The van der Waals surface area contributed by atoms with Crippen LogP contribution in [0.4, 0.5) is 0 Å².